The molecule has 0 aliphatic carbocycles. The first kappa shape index (κ1) is 16.8. The van der Waals surface area contributed by atoms with Gasteiger partial charge >= 0.3 is 6.03 Å². The first-order chi connectivity index (χ1) is 11.0. The average Bonchev–Trinajstić information content (AvgIpc) is 2.55. The number of benzene rings is 1. The molecule has 0 bridgehead atoms. The molecule has 0 saturated heterocycles. The third-order valence-electron chi connectivity index (χ3n) is 3.71. The maximum Gasteiger partial charge on any atom is 0.315 e. The first-order valence-corrected chi connectivity index (χ1v) is 7.60. The molecule has 2 aromatic rings. The molecule has 2 amide bonds. The molecule has 0 aliphatic rings. The Balaban J connectivity index is 1.89. The number of carbonyl (C=O) groups is 1. The van der Waals surface area contributed by atoms with E-state index in [9.17, 15) is 4.79 Å². The Kier molecular flexibility index (Phi) is 5.57. The van der Waals surface area contributed by atoms with Gasteiger partial charge in [0.15, 0.2) is 0 Å². The highest BCUT2D eigenvalue weighted by Gasteiger charge is 2.11. The molecule has 2 N–H and O–H groups in total. The van der Waals surface area contributed by atoms with E-state index in [0.29, 0.717) is 12.4 Å². The minimum atomic E-state index is -0.200. The van der Waals surface area contributed by atoms with Crippen molar-refractivity contribution in [3.05, 3.63) is 58.8 Å². The number of methoxy groups -OCH3 is 1. The molecule has 5 nitrogen and oxygen atoms in total. The van der Waals surface area contributed by atoms with E-state index in [4.69, 9.17) is 4.74 Å². The van der Waals surface area contributed by atoms with E-state index in [0.717, 1.165) is 11.1 Å². The van der Waals surface area contributed by atoms with E-state index >= 15 is 0 Å². The number of rotatable bonds is 5. The highest BCUT2D eigenvalue weighted by molar-refractivity contribution is 5.74. The standard InChI is InChI=1S/C18H23N3O2/c1-12-5-6-13(2)16(9-12)14(3)21-18(22)20-11-15-7-8-17(23-4)19-10-15/h5-10,14H,11H2,1-4H3,(H2,20,21,22)/t14-/m0/s1. The second-order valence-electron chi connectivity index (χ2n) is 5.62. The van der Waals surface area contributed by atoms with Gasteiger partial charge in [-0.25, -0.2) is 9.78 Å². The van der Waals surface area contributed by atoms with Crippen molar-refractivity contribution in [3.63, 3.8) is 0 Å². The fourth-order valence-corrected chi connectivity index (χ4v) is 2.37. The van der Waals surface area contributed by atoms with Crippen LogP contribution in [-0.4, -0.2) is 18.1 Å². The van der Waals surface area contributed by atoms with Gasteiger partial charge in [-0.3, -0.25) is 0 Å². The minimum Gasteiger partial charge on any atom is -0.481 e. The molecule has 23 heavy (non-hydrogen) atoms. The molecule has 5 heteroatoms. The summed E-state index contributed by atoms with van der Waals surface area (Å²) in [4.78, 5) is 16.2. The highest BCUT2D eigenvalue weighted by atomic mass is 16.5. The monoisotopic (exact) mass is 313 g/mol. The number of urea groups is 1. The molecule has 2 rings (SSSR count). The van der Waals surface area contributed by atoms with Crippen LogP contribution in [0.4, 0.5) is 4.79 Å². The van der Waals surface area contributed by atoms with E-state index in [-0.39, 0.29) is 12.1 Å². The first-order valence-electron chi connectivity index (χ1n) is 7.60. The summed E-state index contributed by atoms with van der Waals surface area (Å²) in [5.41, 5.74) is 4.40. The fraction of sp³-hybridized carbons (Fsp3) is 0.333. The van der Waals surface area contributed by atoms with Crippen LogP contribution in [0.2, 0.25) is 0 Å². The summed E-state index contributed by atoms with van der Waals surface area (Å²) < 4.78 is 5.01. The van der Waals surface area contributed by atoms with Crippen LogP contribution < -0.4 is 15.4 Å². The van der Waals surface area contributed by atoms with Gasteiger partial charge in [-0.2, -0.15) is 0 Å². The Morgan fingerprint density at radius 2 is 2.04 bits per heavy atom. The van der Waals surface area contributed by atoms with Crippen molar-refractivity contribution >= 4 is 6.03 Å². The number of ether oxygens (including phenoxy) is 1. The molecule has 0 unspecified atom stereocenters. The number of nitrogens with zero attached hydrogens (tertiary/aromatic N) is 1. The normalized spacial score (nSPS) is 11.7. The third kappa shape index (κ3) is 4.71. The van der Waals surface area contributed by atoms with Gasteiger partial charge in [0.25, 0.3) is 0 Å². The summed E-state index contributed by atoms with van der Waals surface area (Å²) in [6.45, 7) is 6.50. The molecular formula is C18H23N3O2. The number of hydrogen-bond donors (Lipinski definition) is 2. The van der Waals surface area contributed by atoms with Crippen LogP contribution in [0.5, 0.6) is 5.88 Å². The van der Waals surface area contributed by atoms with Crippen molar-refractivity contribution in [2.45, 2.75) is 33.4 Å². The predicted molar refractivity (Wildman–Crippen MR) is 90.5 cm³/mol. The van der Waals surface area contributed by atoms with Gasteiger partial charge in [-0.15, -0.1) is 0 Å². The number of hydrogen-bond acceptors (Lipinski definition) is 3. The Labute approximate surface area is 137 Å². The molecule has 1 aromatic heterocycles. The van der Waals surface area contributed by atoms with Crippen molar-refractivity contribution in [2.75, 3.05) is 7.11 Å². The molecular weight excluding hydrogens is 290 g/mol. The van der Waals surface area contributed by atoms with E-state index in [2.05, 4.69) is 33.8 Å². The molecule has 0 radical (unpaired) electrons. The fourth-order valence-electron chi connectivity index (χ4n) is 2.37. The summed E-state index contributed by atoms with van der Waals surface area (Å²) in [7, 11) is 1.57. The summed E-state index contributed by atoms with van der Waals surface area (Å²) >= 11 is 0. The molecule has 1 atom stereocenters. The number of nitrogens with one attached hydrogen (secondary N) is 2. The summed E-state index contributed by atoms with van der Waals surface area (Å²) in [5, 5.41) is 5.80. The van der Waals surface area contributed by atoms with Crippen molar-refractivity contribution in [1.82, 2.24) is 15.6 Å². The minimum absolute atomic E-state index is 0.0520. The molecule has 0 aliphatic heterocycles. The van der Waals surface area contributed by atoms with E-state index in [1.54, 1.807) is 19.4 Å². The maximum absolute atomic E-state index is 12.1. The SMILES string of the molecule is COc1ccc(CNC(=O)N[C@@H](C)c2cc(C)ccc2C)cn1. The van der Waals surface area contributed by atoms with E-state index < -0.39 is 0 Å². The lowest BCUT2D eigenvalue weighted by atomic mass is 10.0. The molecule has 1 aromatic carbocycles. The topological polar surface area (TPSA) is 63.2 Å². The zero-order valence-corrected chi connectivity index (χ0v) is 14.0. The van der Waals surface area contributed by atoms with E-state index in [1.807, 2.05) is 26.8 Å². The smallest absolute Gasteiger partial charge is 0.315 e. The lowest BCUT2D eigenvalue weighted by Crippen LogP contribution is -2.36. The lowest BCUT2D eigenvalue weighted by molar-refractivity contribution is 0.237. The zero-order valence-electron chi connectivity index (χ0n) is 14.0. The van der Waals surface area contributed by atoms with Crippen LogP contribution in [0.15, 0.2) is 36.5 Å². The van der Waals surface area contributed by atoms with Gasteiger partial charge in [0.2, 0.25) is 5.88 Å². The van der Waals surface area contributed by atoms with Crippen LogP contribution in [-0.2, 0) is 6.54 Å². The lowest BCUT2D eigenvalue weighted by Gasteiger charge is -2.18. The highest BCUT2D eigenvalue weighted by Crippen LogP contribution is 2.18. The van der Waals surface area contributed by atoms with Gasteiger partial charge in [0.05, 0.1) is 13.2 Å². The van der Waals surface area contributed by atoms with Crippen LogP contribution in [0.25, 0.3) is 0 Å². The van der Waals surface area contributed by atoms with Gasteiger partial charge in [0, 0.05) is 18.8 Å². The number of aryl methyl sites for hydroxylation is 2. The quantitative estimate of drug-likeness (QED) is 0.890. The molecule has 0 saturated carbocycles. The Hall–Kier alpha value is -2.56. The van der Waals surface area contributed by atoms with Crippen LogP contribution >= 0.6 is 0 Å². The number of aromatic nitrogens is 1. The third-order valence-corrected chi connectivity index (χ3v) is 3.71. The molecule has 122 valence electrons. The van der Waals surface area contributed by atoms with Gasteiger partial charge in [-0.05, 0) is 37.5 Å². The van der Waals surface area contributed by atoms with Crippen molar-refractivity contribution < 1.29 is 9.53 Å². The maximum atomic E-state index is 12.1. The van der Waals surface area contributed by atoms with Crippen LogP contribution in [0, 0.1) is 13.8 Å². The Morgan fingerprint density at radius 3 is 2.70 bits per heavy atom. The Bertz CT molecular complexity index is 668. The van der Waals surface area contributed by atoms with E-state index in [1.165, 1.54) is 11.1 Å². The van der Waals surface area contributed by atoms with Gasteiger partial charge in [-0.1, -0.05) is 29.8 Å². The largest absolute Gasteiger partial charge is 0.481 e. The predicted octanol–water partition coefficient (Wildman–Crippen LogP) is 3.27. The van der Waals surface area contributed by atoms with Crippen molar-refractivity contribution in [3.8, 4) is 5.88 Å². The van der Waals surface area contributed by atoms with Gasteiger partial charge in [0.1, 0.15) is 0 Å². The van der Waals surface area contributed by atoms with Crippen LogP contribution in [0.1, 0.15) is 35.2 Å². The second kappa shape index (κ2) is 7.63. The summed E-state index contributed by atoms with van der Waals surface area (Å²) in [5.74, 6) is 0.557. The van der Waals surface area contributed by atoms with Crippen LogP contribution in [0.3, 0.4) is 0 Å². The van der Waals surface area contributed by atoms with Crippen molar-refractivity contribution in [2.24, 2.45) is 0 Å². The number of amides is 2. The van der Waals surface area contributed by atoms with Crippen molar-refractivity contribution in [1.29, 1.82) is 0 Å². The van der Waals surface area contributed by atoms with Gasteiger partial charge < -0.3 is 15.4 Å². The Morgan fingerprint density at radius 1 is 1.26 bits per heavy atom. The number of pyridine rings is 1. The molecule has 0 spiro atoms. The summed E-state index contributed by atoms with van der Waals surface area (Å²) in [6, 6.07) is 9.64. The average molecular weight is 313 g/mol. The number of carbonyl (C=O) groups excluding carboxylic acids is 1. The molecule has 0 fully saturated rings. The summed E-state index contributed by atoms with van der Waals surface area (Å²) in [6.07, 6.45) is 1.69. The molecule has 1 heterocycles. The zero-order chi connectivity index (χ0) is 16.8. The second-order valence-corrected chi connectivity index (χ2v) is 5.62.